The van der Waals surface area contributed by atoms with E-state index >= 15 is 0 Å². The maximum atomic E-state index is 3.49. The van der Waals surface area contributed by atoms with Gasteiger partial charge in [-0.25, -0.2) is 0 Å². The first kappa shape index (κ1) is 18.8. The van der Waals surface area contributed by atoms with Gasteiger partial charge in [-0.1, -0.05) is 102 Å². The van der Waals surface area contributed by atoms with Crippen molar-refractivity contribution >= 4 is 0 Å². The van der Waals surface area contributed by atoms with E-state index in [4.69, 9.17) is 0 Å². The van der Waals surface area contributed by atoms with E-state index < -0.39 is 0 Å². The Morgan fingerprint density at radius 2 is 0.714 bits per heavy atom. The molecular formula is C21H39. The van der Waals surface area contributed by atoms with Gasteiger partial charge in [-0.2, -0.15) is 0 Å². The molecule has 0 heteroatoms. The summed E-state index contributed by atoms with van der Waals surface area (Å²) in [7, 11) is 0. The minimum Gasteiger partial charge on any atom is -0.0811 e. The van der Waals surface area contributed by atoms with Crippen molar-refractivity contribution < 1.29 is 0 Å². The van der Waals surface area contributed by atoms with Crippen molar-refractivity contribution in [2.45, 2.75) is 122 Å². The first-order valence-corrected chi connectivity index (χ1v) is 10.1. The summed E-state index contributed by atoms with van der Waals surface area (Å²) in [5.41, 5.74) is 0. The van der Waals surface area contributed by atoms with Crippen molar-refractivity contribution in [1.82, 2.24) is 0 Å². The van der Waals surface area contributed by atoms with Crippen LogP contribution in [0.4, 0.5) is 0 Å². The summed E-state index contributed by atoms with van der Waals surface area (Å²) in [5, 5.41) is 0. The molecule has 0 aromatic carbocycles. The molecule has 0 N–H and O–H groups in total. The van der Waals surface area contributed by atoms with Crippen LogP contribution in [0.2, 0.25) is 0 Å². The quantitative estimate of drug-likeness (QED) is 0.427. The van der Waals surface area contributed by atoms with Crippen LogP contribution in [0.25, 0.3) is 0 Å². The van der Waals surface area contributed by atoms with E-state index in [1.807, 2.05) is 0 Å². The predicted octanol–water partition coefficient (Wildman–Crippen LogP) is 7.77. The summed E-state index contributed by atoms with van der Waals surface area (Å²) in [6, 6.07) is 0. The summed E-state index contributed by atoms with van der Waals surface area (Å²) < 4.78 is 0. The fraction of sp³-hybridized carbons (Fsp3) is 0.905. The third-order valence-corrected chi connectivity index (χ3v) is 4.81. The van der Waals surface area contributed by atoms with Crippen molar-refractivity contribution in [2.24, 2.45) is 0 Å². The molecule has 0 aromatic rings. The third-order valence-electron chi connectivity index (χ3n) is 4.81. The topological polar surface area (TPSA) is 0 Å². The van der Waals surface area contributed by atoms with Crippen molar-refractivity contribution in [1.29, 1.82) is 0 Å². The smallest absolute Gasteiger partial charge is 0.0279 e. The second-order valence-electron chi connectivity index (χ2n) is 6.96. The van der Waals surface area contributed by atoms with Crippen LogP contribution in [-0.4, -0.2) is 0 Å². The molecule has 0 amide bonds. The van der Waals surface area contributed by atoms with Crippen molar-refractivity contribution in [3.05, 3.63) is 12.2 Å². The second kappa shape index (κ2) is 16.1. The van der Waals surface area contributed by atoms with Crippen LogP contribution in [-0.2, 0) is 0 Å². The minimum absolute atomic E-state index is 1.19. The van der Waals surface area contributed by atoms with Crippen LogP contribution in [0.5, 0.6) is 0 Å². The Kier molecular flexibility index (Phi) is 14.4. The van der Waals surface area contributed by atoms with E-state index in [1.54, 1.807) is 0 Å². The van der Waals surface area contributed by atoms with Gasteiger partial charge in [0, 0.05) is 0 Å². The standard InChI is InChI=1S/C21H39/c1-2-4-6-8-10-12-14-16-18-20-21-19-17-15-13-11-9-7-5-3-1/h1H,2,4-21H2. The average molecular weight is 292 g/mol. The van der Waals surface area contributed by atoms with Crippen LogP contribution in [0.15, 0.2) is 6.08 Å². The number of allylic oxidation sites excluding steroid dienone is 2. The Bertz CT molecular complexity index is 194. The number of rotatable bonds is 0. The van der Waals surface area contributed by atoms with Gasteiger partial charge in [0.25, 0.3) is 0 Å². The lowest BCUT2D eigenvalue weighted by Crippen LogP contribution is -1.83. The molecule has 21 heavy (non-hydrogen) atoms. The van der Waals surface area contributed by atoms with Crippen molar-refractivity contribution in [3.8, 4) is 0 Å². The van der Waals surface area contributed by atoms with E-state index in [1.165, 1.54) is 122 Å². The molecule has 1 aliphatic rings. The third kappa shape index (κ3) is 14.4. The largest absolute Gasteiger partial charge is 0.0811 e. The van der Waals surface area contributed by atoms with Gasteiger partial charge in [0.15, 0.2) is 0 Å². The molecule has 1 aliphatic carbocycles. The highest BCUT2D eigenvalue weighted by Gasteiger charge is 1.95. The first-order chi connectivity index (χ1) is 10.5. The molecule has 0 aliphatic heterocycles. The Balaban J connectivity index is 2.05. The van der Waals surface area contributed by atoms with Gasteiger partial charge >= 0.3 is 0 Å². The lowest BCUT2D eigenvalue weighted by atomic mass is 10.0. The van der Waals surface area contributed by atoms with Gasteiger partial charge < -0.3 is 0 Å². The molecule has 0 bridgehead atoms. The van der Waals surface area contributed by atoms with Crippen molar-refractivity contribution in [3.63, 3.8) is 0 Å². The van der Waals surface area contributed by atoms with Crippen LogP contribution in [0, 0.1) is 6.08 Å². The van der Waals surface area contributed by atoms with Crippen LogP contribution >= 0.6 is 0 Å². The number of hydrogen-bond donors (Lipinski definition) is 0. The second-order valence-corrected chi connectivity index (χ2v) is 6.96. The predicted molar refractivity (Wildman–Crippen MR) is 95.5 cm³/mol. The van der Waals surface area contributed by atoms with Gasteiger partial charge in [-0.3, -0.25) is 0 Å². The molecule has 0 fully saturated rings. The lowest BCUT2D eigenvalue weighted by Gasteiger charge is -2.03. The zero-order valence-corrected chi connectivity index (χ0v) is 14.5. The summed E-state index contributed by atoms with van der Waals surface area (Å²) in [6.45, 7) is 0. The molecule has 0 nitrogen and oxygen atoms in total. The van der Waals surface area contributed by atoms with E-state index in [-0.39, 0.29) is 0 Å². The summed E-state index contributed by atoms with van der Waals surface area (Å²) in [6.07, 6.45) is 33.0. The molecule has 0 spiro atoms. The van der Waals surface area contributed by atoms with E-state index in [0.717, 1.165) is 0 Å². The maximum Gasteiger partial charge on any atom is -0.0279 e. The van der Waals surface area contributed by atoms with Gasteiger partial charge in [-0.05, 0) is 31.8 Å². The minimum atomic E-state index is 1.19. The van der Waals surface area contributed by atoms with E-state index in [2.05, 4.69) is 12.2 Å². The molecule has 0 unspecified atom stereocenters. The molecule has 123 valence electrons. The molecule has 0 atom stereocenters. The average Bonchev–Trinajstić information content (AvgIpc) is 2.50. The SMILES string of the molecule is [C]1=C/CCCCCCCCCCCCCCCCCCC/1. The Hall–Kier alpha value is -0.260. The Labute approximate surface area is 134 Å². The molecule has 0 heterocycles. The summed E-state index contributed by atoms with van der Waals surface area (Å²) in [4.78, 5) is 0. The van der Waals surface area contributed by atoms with E-state index in [9.17, 15) is 0 Å². The fourth-order valence-corrected chi connectivity index (χ4v) is 3.33. The van der Waals surface area contributed by atoms with Gasteiger partial charge in [-0.15, -0.1) is 0 Å². The van der Waals surface area contributed by atoms with Crippen molar-refractivity contribution in [2.75, 3.05) is 0 Å². The normalized spacial score (nSPS) is 24.8. The molecule has 1 radical (unpaired) electrons. The van der Waals surface area contributed by atoms with Gasteiger partial charge in [0.1, 0.15) is 0 Å². The fourth-order valence-electron chi connectivity index (χ4n) is 3.33. The molecule has 0 saturated carbocycles. The molecular weight excluding hydrogens is 252 g/mol. The maximum absolute atomic E-state index is 3.49. The van der Waals surface area contributed by atoms with Gasteiger partial charge in [0.05, 0.1) is 0 Å². The van der Waals surface area contributed by atoms with Crippen LogP contribution < -0.4 is 0 Å². The molecule has 1 rings (SSSR count). The zero-order valence-electron chi connectivity index (χ0n) is 14.5. The highest BCUT2D eigenvalue weighted by Crippen LogP contribution is 2.15. The molecule has 0 aromatic heterocycles. The Morgan fingerprint density at radius 3 is 1.14 bits per heavy atom. The lowest BCUT2D eigenvalue weighted by molar-refractivity contribution is 0.527. The highest BCUT2D eigenvalue weighted by atomic mass is 14.0. The summed E-state index contributed by atoms with van der Waals surface area (Å²) >= 11 is 0. The number of hydrogen-bond acceptors (Lipinski definition) is 0. The van der Waals surface area contributed by atoms with E-state index in [0.29, 0.717) is 0 Å². The van der Waals surface area contributed by atoms with Gasteiger partial charge in [0.2, 0.25) is 0 Å². The zero-order chi connectivity index (χ0) is 14.8. The Morgan fingerprint density at radius 1 is 0.381 bits per heavy atom. The molecule has 0 saturated heterocycles. The van der Waals surface area contributed by atoms with Crippen LogP contribution in [0.1, 0.15) is 122 Å². The summed E-state index contributed by atoms with van der Waals surface area (Å²) in [5.74, 6) is 0. The highest BCUT2D eigenvalue weighted by molar-refractivity contribution is 4.73. The van der Waals surface area contributed by atoms with Crippen LogP contribution in [0.3, 0.4) is 0 Å². The monoisotopic (exact) mass is 291 g/mol. The first-order valence-electron chi connectivity index (χ1n) is 10.1.